The number of ketones is 1. The summed E-state index contributed by atoms with van der Waals surface area (Å²) in [4.78, 5) is 12.6. The third-order valence-corrected chi connectivity index (χ3v) is 4.08. The zero-order chi connectivity index (χ0) is 15.6. The number of nitrogens with two attached hydrogens (primary N) is 1. The fourth-order valence-corrected chi connectivity index (χ4v) is 2.81. The Morgan fingerprint density at radius 1 is 1.29 bits per heavy atom. The van der Waals surface area contributed by atoms with E-state index in [0.29, 0.717) is 12.1 Å². The Bertz CT molecular complexity index is 631. The zero-order valence-corrected chi connectivity index (χ0v) is 14.1. The molecule has 2 rings (SSSR count). The van der Waals surface area contributed by atoms with Gasteiger partial charge in [0.05, 0.1) is 10.7 Å². The van der Waals surface area contributed by atoms with Crippen molar-refractivity contribution in [3.63, 3.8) is 0 Å². The third kappa shape index (κ3) is 3.53. The van der Waals surface area contributed by atoms with Crippen molar-refractivity contribution in [3.8, 4) is 0 Å². The maximum atomic E-state index is 12.6. The molecule has 1 unspecified atom stereocenters. The number of carbonyl (C=O) groups is 1. The highest BCUT2D eigenvalue weighted by atomic mass is 79.9. The number of hydrogen-bond acceptors (Lipinski definition) is 3. The lowest BCUT2D eigenvalue weighted by Crippen LogP contribution is -2.15. The number of Topliss-reactive ketones (excluding diaryl/α,β-unsaturated/α-hetero) is 1. The Morgan fingerprint density at radius 3 is 2.48 bits per heavy atom. The van der Waals surface area contributed by atoms with E-state index >= 15 is 0 Å². The lowest BCUT2D eigenvalue weighted by molar-refractivity contribution is 0.0962. The predicted octanol–water partition coefficient (Wildman–Crippen LogP) is 4.19. The van der Waals surface area contributed by atoms with Gasteiger partial charge in [0.25, 0.3) is 0 Å². The number of hydrogen-bond donors (Lipinski definition) is 1. The molecule has 0 aliphatic rings. The van der Waals surface area contributed by atoms with E-state index in [2.05, 4.69) is 21.0 Å². The molecule has 0 bridgehead atoms. The molecule has 1 aromatic heterocycles. The number of benzene rings is 1. The fourth-order valence-electron chi connectivity index (χ4n) is 2.31. The van der Waals surface area contributed by atoms with Crippen molar-refractivity contribution < 1.29 is 4.79 Å². The first-order valence-corrected chi connectivity index (χ1v) is 7.81. The van der Waals surface area contributed by atoms with Crippen molar-refractivity contribution in [2.45, 2.75) is 39.2 Å². The zero-order valence-electron chi connectivity index (χ0n) is 12.5. The average Bonchev–Trinajstić information content (AvgIpc) is 2.81. The minimum Gasteiger partial charge on any atom is -0.399 e. The van der Waals surface area contributed by atoms with E-state index in [4.69, 9.17) is 5.73 Å². The highest BCUT2D eigenvalue weighted by Crippen LogP contribution is 2.26. The van der Waals surface area contributed by atoms with Crippen molar-refractivity contribution in [1.29, 1.82) is 0 Å². The third-order valence-electron chi connectivity index (χ3n) is 3.50. The molecule has 0 spiro atoms. The van der Waals surface area contributed by atoms with Gasteiger partial charge in [0.15, 0.2) is 5.78 Å². The van der Waals surface area contributed by atoms with Gasteiger partial charge >= 0.3 is 0 Å². The van der Waals surface area contributed by atoms with E-state index in [-0.39, 0.29) is 17.7 Å². The molecule has 2 N–H and O–H groups in total. The highest BCUT2D eigenvalue weighted by Gasteiger charge is 2.21. The van der Waals surface area contributed by atoms with E-state index in [0.717, 1.165) is 15.7 Å². The van der Waals surface area contributed by atoms with Gasteiger partial charge in [0.2, 0.25) is 0 Å². The van der Waals surface area contributed by atoms with Crippen LogP contribution < -0.4 is 5.73 Å². The van der Waals surface area contributed by atoms with Gasteiger partial charge in [-0.3, -0.25) is 9.48 Å². The van der Waals surface area contributed by atoms with Gasteiger partial charge in [0, 0.05) is 18.2 Å². The average molecular weight is 350 g/mol. The van der Waals surface area contributed by atoms with Crippen LogP contribution >= 0.6 is 15.9 Å². The summed E-state index contributed by atoms with van der Waals surface area (Å²) in [5.41, 5.74) is 8.19. The molecule has 5 heteroatoms. The number of rotatable bonds is 5. The lowest BCUT2D eigenvalue weighted by Gasteiger charge is -2.14. The van der Waals surface area contributed by atoms with Crippen LogP contribution in [0, 0.1) is 0 Å². The monoisotopic (exact) mass is 349 g/mol. The second-order valence-corrected chi connectivity index (χ2v) is 6.43. The molecule has 0 radical (unpaired) electrons. The van der Waals surface area contributed by atoms with E-state index in [9.17, 15) is 4.79 Å². The molecule has 1 heterocycles. The fraction of sp³-hybridized carbons (Fsp3) is 0.375. The topological polar surface area (TPSA) is 60.9 Å². The van der Waals surface area contributed by atoms with Crippen molar-refractivity contribution in [3.05, 3.63) is 46.2 Å². The molecule has 0 aliphatic carbocycles. The van der Waals surface area contributed by atoms with Crippen molar-refractivity contribution in [2.24, 2.45) is 0 Å². The van der Waals surface area contributed by atoms with Gasteiger partial charge in [0.1, 0.15) is 5.69 Å². The maximum Gasteiger partial charge on any atom is 0.182 e. The summed E-state index contributed by atoms with van der Waals surface area (Å²) in [6.07, 6.45) is 2.13. The van der Waals surface area contributed by atoms with Crippen LogP contribution in [0.1, 0.15) is 55.2 Å². The van der Waals surface area contributed by atoms with Crippen molar-refractivity contribution >= 4 is 27.4 Å². The largest absolute Gasteiger partial charge is 0.399 e. The summed E-state index contributed by atoms with van der Waals surface area (Å²) in [6, 6.07) is 7.83. The van der Waals surface area contributed by atoms with Crippen LogP contribution in [0.3, 0.4) is 0 Å². The van der Waals surface area contributed by atoms with E-state index in [1.807, 2.05) is 45.0 Å². The lowest BCUT2D eigenvalue weighted by atomic mass is 9.94. The molecule has 2 aromatic rings. The molecule has 0 saturated carbocycles. The summed E-state index contributed by atoms with van der Waals surface area (Å²) < 4.78 is 2.52. The smallest absolute Gasteiger partial charge is 0.182 e. The van der Waals surface area contributed by atoms with Crippen LogP contribution in [0.4, 0.5) is 5.69 Å². The summed E-state index contributed by atoms with van der Waals surface area (Å²) in [5.74, 6) is 0.234. The molecule has 21 heavy (non-hydrogen) atoms. The van der Waals surface area contributed by atoms with Gasteiger partial charge in [-0.05, 0) is 53.4 Å². The summed E-state index contributed by atoms with van der Waals surface area (Å²) in [7, 11) is 0. The molecular weight excluding hydrogens is 330 g/mol. The van der Waals surface area contributed by atoms with Crippen LogP contribution in [0.25, 0.3) is 0 Å². The molecule has 1 aromatic carbocycles. The SMILES string of the molecule is CC(CC(=O)c1c(Br)cnn1C(C)C)c1ccc(N)cc1. The number of nitrogen functional groups attached to an aromatic ring is 1. The van der Waals surface area contributed by atoms with Crippen molar-refractivity contribution in [1.82, 2.24) is 9.78 Å². The van der Waals surface area contributed by atoms with Crippen LogP contribution in [-0.4, -0.2) is 15.6 Å². The van der Waals surface area contributed by atoms with Crippen molar-refractivity contribution in [2.75, 3.05) is 5.73 Å². The quantitative estimate of drug-likeness (QED) is 0.650. The number of nitrogens with zero attached hydrogens (tertiary/aromatic N) is 2. The van der Waals surface area contributed by atoms with Crippen LogP contribution in [0.15, 0.2) is 34.9 Å². The predicted molar refractivity (Wildman–Crippen MR) is 88.5 cm³/mol. The van der Waals surface area contributed by atoms with E-state index in [1.54, 1.807) is 10.9 Å². The van der Waals surface area contributed by atoms with Crippen LogP contribution in [-0.2, 0) is 0 Å². The molecule has 0 saturated heterocycles. The minimum atomic E-state index is 0.0948. The van der Waals surface area contributed by atoms with Gasteiger partial charge in [-0.2, -0.15) is 5.10 Å². The Balaban J connectivity index is 2.18. The van der Waals surface area contributed by atoms with Gasteiger partial charge in [-0.15, -0.1) is 0 Å². The molecular formula is C16H20BrN3O. The Morgan fingerprint density at radius 2 is 1.90 bits per heavy atom. The molecule has 0 fully saturated rings. The molecule has 112 valence electrons. The summed E-state index contributed by atoms with van der Waals surface area (Å²) >= 11 is 3.42. The van der Waals surface area contributed by atoms with Gasteiger partial charge in [-0.25, -0.2) is 0 Å². The first-order chi connectivity index (χ1) is 9.90. The molecule has 0 amide bonds. The Hall–Kier alpha value is -1.62. The standard InChI is InChI=1S/C16H20BrN3O/c1-10(2)20-16(14(17)9-19-20)15(21)8-11(3)12-4-6-13(18)7-5-12/h4-7,9-11H,8,18H2,1-3H3. The Kier molecular flexibility index (Phi) is 4.83. The first kappa shape index (κ1) is 15.8. The van der Waals surface area contributed by atoms with Gasteiger partial charge < -0.3 is 5.73 Å². The highest BCUT2D eigenvalue weighted by molar-refractivity contribution is 9.10. The van der Waals surface area contributed by atoms with Crippen LogP contribution in [0.5, 0.6) is 0 Å². The number of halogens is 1. The van der Waals surface area contributed by atoms with E-state index in [1.165, 1.54) is 0 Å². The summed E-state index contributed by atoms with van der Waals surface area (Å²) in [6.45, 7) is 6.08. The molecule has 4 nitrogen and oxygen atoms in total. The maximum absolute atomic E-state index is 12.6. The summed E-state index contributed by atoms with van der Waals surface area (Å²) in [5, 5.41) is 4.26. The molecule has 0 aliphatic heterocycles. The number of anilines is 1. The minimum absolute atomic E-state index is 0.0948. The van der Waals surface area contributed by atoms with E-state index < -0.39 is 0 Å². The van der Waals surface area contributed by atoms with Crippen LogP contribution in [0.2, 0.25) is 0 Å². The normalized spacial score (nSPS) is 12.6. The number of aromatic nitrogens is 2. The number of carbonyl (C=O) groups excluding carboxylic acids is 1. The molecule has 1 atom stereocenters. The van der Waals surface area contributed by atoms with Gasteiger partial charge in [-0.1, -0.05) is 19.1 Å². The first-order valence-electron chi connectivity index (χ1n) is 7.01. The second-order valence-electron chi connectivity index (χ2n) is 5.57. The second kappa shape index (κ2) is 6.43. The Labute approximate surface area is 133 Å².